The van der Waals surface area contributed by atoms with Gasteiger partial charge in [-0.15, -0.1) is 11.3 Å². The lowest BCUT2D eigenvalue weighted by Crippen LogP contribution is -2.30. The maximum atomic E-state index is 11.6. The van der Waals surface area contributed by atoms with Crippen molar-refractivity contribution in [3.05, 3.63) is 40.6 Å². The minimum absolute atomic E-state index is 0.0324. The third kappa shape index (κ3) is 3.46. The number of thiophene rings is 1. The fourth-order valence-electron chi connectivity index (χ4n) is 1.98. The highest BCUT2D eigenvalue weighted by atomic mass is 32.1. The summed E-state index contributed by atoms with van der Waals surface area (Å²) < 4.78 is 2.01. The maximum absolute atomic E-state index is 11.6. The van der Waals surface area contributed by atoms with Crippen LogP contribution in [0.1, 0.15) is 23.2 Å². The highest BCUT2D eigenvalue weighted by Crippen LogP contribution is 2.24. The van der Waals surface area contributed by atoms with Gasteiger partial charge >= 0.3 is 0 Å². The van der Waals surface area contributed by atoms with E-state index in [9.17, 15) is 4.79 Å². The third-order valence-corrected chi connectivity index (χ3v) is 4.07. The van der Waals surface area contributed by atoms with Crippen LogP contribution in [-0.2, 0) is 11.8 Å². The summed E-state index contributed by atoms with van der Waals surface area (Å²) in [6, 6.07) is 4.15. The first-order valence-electron chi connectivity index (χ1n) is 6.53. The summed E-state index contributed by atoms with van der Waals surface area (Å²) in [5.74, 6) is 1.09. The number of imidazole rings is 1. The molecule has 1 amide bonds. The molecule has 0 aromatic carbocycles. The second kappa shape index (κ2) is 6.67. The molecule has 0 aliphatic carbocycles. The number of carbonyl (C=O) groups is 1. The largest absolute Gasteiger partial charge is 0.349 e. The van der Waals surface area contributed by atoms with E-state index in [-0.39, 0.29) is 11.9 Å². The van der Waals surface area contributed by atoms with Crippen molar-refractivity contribution >= 4 is 17.2 Å². The fraction of sp³-hybridized carbons (Fsp3) is 0.429. The molecule has 2 aromatic rings. The Kier molecular flexibility index (Phi) is 4.92. The van der Waals surface area contributed by atoms with Crippen molar-refractivity contribution in [2.75, 3.05) is 20.6 Å². The normalized spacial score (nSPS) is 12.3. The van der Waals surface area contributed by atoms with Crippen molar-refractivity contribution < 1.29 is 4.79 Å². The zero-order valence-corrected chi connectivity index (χ0v) is 12.9. The van der Waals surface area contributed by atoms with Crippen LogP contribution in [-0.4, -0.2) is 41.0 Å². The molecule has 0 saturated carbocycles. The Morgan fingerprint density at radius 3 is 2.90 bits per heavy atom. The van der Waals surface area contributed by atoms with Gasteiger partial charge in [-0.1, -0.05) is 6.07 Å². The van der Waals surface area contributed by atoms with Gasteiger partial charge in [-0.2, -0.15) is 0 Å². The van der Waals surface area contributed by atoms with Crippen molar-refractivity contribution in [1.29, 1.82) is 0 Å². The number of aromatic nitrogens is 2. The molecule has 0 fully saturated rings. The molecule has 0 radical (unpaired) electrons. The summed E-state index contributed by atoms with van der Waals surface area (Å²) in [5, 5.41) is 5.48. The Bertz CT molecular complexity index is 547. The molecule has 2 rings (SSSR count). The lowest BCUT2D eigenvalue weighted by Gasteiger charge is -2.18. The Balaban J connectivity index is 2.05. The lowest BCUT2D eigenvalue weighted by molar-refractivity contribution is -0.128. The number of nitrogens with zero attached hydrogens (tertiary/aromatic N) is 3. The SMILES string of the molecule is CN(C)C(=O)CCNC(c1cccs1)c1nccn1C. The number of rotatable bonds is 6. The van der Waals surface area contributed by atoms with E-state index < -0.39 is 0 Å². The van der Waals surface area contributed by atoms with Gasteiger partial charge in [-0.3, -0.25) is 4.79 Å². The first kappa shape index (κ1) is 14.7. The fourth-order valence-corrected chi connectivity index (χ4v) is 2.77. The predicted molar refractivity (Wildman–Crippen MR) is 80.7 cm³/mol. The second-order valence-electron chi connectivity index (χ2n) is 4.84. The third-order valence-electron chi connectivity index (χ3n) is 3.13. The predicted octanol–water partition coefficient (Wildman–Crippen LogP) is 1.64. The standard InChI is InChI=1S/C14H20N4OS/c1-17(2)12(19)6-7-15-13(11-5-4-10-20-11)14-16-8-9-18(14)3/h4-5,8-10,13,15H,6-7H2,1-3H3. The zero-order chi connectivity index (χ0) is 14.5. The molecule has 0 aliphatic heterocycles. The molecular formula is C14H20N4OS. The van der Waals surface area contributed by atoms with Crippen LogP contribution in [0.5, 0.6) is 0 Å². The van der Waals surface area contributed by atoms with E-state index in [1.165, 1.54) is 4.88 Å². The van der Waals surface area contributed by atoms with Crippen LogP contribution < -0.4 is 5.32 Å². The van der Waals surface area contributed by atoms with Crippen LogP contribution >= 0.6 is 11.3 Å². The quantitative estimate of drug-likeness (QED) is 0.880. The van der Waals surface area contributed by atoms with Crippen LogP contribution in [0.25, 0.3) is 0 Å². The van der Waals surface area contributed by atoms with E-state index >= 15 is 0 Å². The highest BCUT2D eigenvalue weighted by Gasteiger charge is 2.19. The number of amides is 1. The Hall–Kier alpha value is -1.66. The molecular weight excluding hydrogens is 272 g/mol. The average molecular weight is 292 g/mol. The molecule has 0 saturated heterocycles. The molecule has 1 atom stereocenters. The summed E-state index contributed by atoms with van der Waals surface area (Å²) in [4.78, 5) is 18.9. The van der Waals surface area contributed by atoms with Crippen LogP contribution in [0.2, 0.25) is 0 Å². The maximum Gasteiger partial charge on any atom is 0.223 e. The van der Waals surface area contributed by atoms with Crippen LogP contribution in [0.4, 0.5) is 0 Å². The molecule has 0 aliphatic rings. The molecule has 1 N–H and O–H groups in total. The number of carbonyl (C=O) groups excluding carboxylic acids is 1. The van der Waals surface area contributed by atoms with Gasteiger partial charge < -0.3 is 14.8 Å². The van der Waals surface area contributed by atoms with Gasteiger partial charge in [0.25, 0.3) is 0 Å². The number of aryl methyl sites for hydroxylation is 1. The zero-order valence-electron chi connectivity index (χ0n) is 12.0. The Morgan fingerprint density at radius 1 is 1.55 bits per heavy atom. The van der Waals surface area contributed by atoms with E-state index in [1.54, 1.807) is 36.5 Å². The van der Waals surface area contributed by atoms with Crippen LogP contribution in [0, 0.1) is 0 Å². The first-order chi connectivity index (χ1) is 9.59. The van der Waals surface area contributed by atoms with Crippen molar-refractivity contribution in [3.8, 4) is 0 Å². The van der Waals surface area contributed by atoms with Gasteiger partial charge in [0.2, 0.25) is 5.91 Å². The van der Waals surface area contributed by atoms with Gasteiger partial charge in [0, 0.05) is 51.4 Å². The van der Waals surface area contributed by atoms with Crippen molar-refractivity contribution in [3.63, 3.8) is 0 Å². The minimum atomic E-state index is 0.0324. The molecule has 5 nitrogen and oxygen atoms in total. The molecule has 108 valence electrons. The van der Waals surface area contributed by atoms with E-state index in [2.05, 4.69) is 21.7 Å². The van der Waals surface area contributed by atoms with Crippen molar-refractivity contribution in [1.82, 2.24) is 19.8 Å². The van der Waals surface area contributed by atoms with Crippen molar-refractivity contribution in [2.45, 2.75) is 12.5 Å². The number of hydrogen-bond donors (Lipinski definition) is 1. The van der Waals surface area contributed by atoms with Gasteiger partial charge in [0.05, 0.1) is 0 Å². The van der Waals surface area contributed by atoms with E-state index in [1.807, 2.05) is 23.9 Å². The summed E-state index contributed by atoms with van der Waals surface area (Å²) in [6.45, 7) is 0.631. The summed E-state index contributed by atoms with van der Waals surface area (Å²) >= 11 is 1.69. The molecule has 20 heavy (non-hydrogen) atoms. The molecule has 2 aromatic heterocycles. The van der Waals surface area contributed by atoms with Crippen molar-refractivity contribution in [2.24, 2.45) is 7.05 Å². The Morgan fingerprint density at radius 2 is 2.35 bits per heavy atom. The monoisotopic (exact) mass is 292 g/mol. The first-order valence-corrected chi connectivity index (χ1v) is 7.41. The van der Waals surface area contributed by atoms with Gasteiger partial charge in [0.1, 0.15) is 11.9 Å². The van der Waals surface area contributed by atoms with E-state index in [4.69, 9.17) is 0 Å². The molecule has 6 heteroatoms. The van der Waals surface area contributed by atoms with Gasteiger partial charge in [0.15, 0.2) is 0 Å². The summed E-state index contributed by atoms with van der Waals surface area (Å²) in [5.41, 5.74) is 0. The Labute approximate surface area is 123 Å². The molecule has 0 bridgehead atoms. The number of nitrogens with one attached hydrogen (secondary N) is 1. The minimum Gasteiger partial charge on any atom is -0.349 e. The molecule has 1 unspecified atom stereocenters. The molecule has 0 spiro atoms. The number of hydrogen-bond acceptors (Lipinski definition) is 4. The van der Waals surface area contributed by atoms with E-state index in [0.717, 1.165) is 5.82 Å². The van der Waals surface area contributed by atoms with Gasteiger partial charge in [-0.25, -0.2) is 4.98 Å². The second-order valence-corrected chi connectivity index (χ2v) is 5.82. The average Bonchev–Trinajstić information content (AvgIpc) is 3.06. The highest BCUT2D eigenvalue weighted by molar-refractivity contribution is 7.10. The summed E-state index contributed by atoms with van der Waals surface area (Å²) in [7, 11) is 5.53. The smallest absolute Gasteiger partial charge is 0.223 e. The van der Waals surface area contributed by atoms with Crippen LogP contribution in [0.3, 0.4) is 0 Å². The van der Waals surface area contributed by atoms with E-state index in [0.29, 0.717) is 13.0 Å². The summed E-state index contributed by atoms with van der Waals surface area (Å²) in [6.07, 6.45) is 4.21. The van der Waals surface area contributed by atoms with Crippen LogP contribution in [0.15, 0.2) is 29.9 Å². The topological polar surface area (TPSA) is 50.2 Å². The lowest BCUT2D eigenvalue weighted by atomic mass is 10.2. The van der Waals surface area contributed by atoms with Gasteiger partial charge in [-0.05, 0) is 11.4 Å². The molecule has 2 heterocycles.